The highest BCUT2D eigenvalue weighted by Crippen LogP contribution is 2.26. The van der Waals surface area contributed by atoms with Crippen molar-refractivity contribution in [3.63, 3.8) is 0 Å². The van der Waals surface area contributed by atoms with Gasteiger partial charge in [0.05, 0.1) is 11.4 Å². The van der Waals surface area contributed by atoms with Crippen LogP contribution in [0.4, 0.5) is 11.4 Å². The van der Waals surface area contributed by atoms with Crippen molar-refractivity contribution < 1.29 is 13.2 Å². The summed E-state index contributed by atoms with van der Waals surface area (Å²) in [6.07, 6.45) is 0. The molecule has 2 heterocycles. The van der Waals surface area contributed by atoms with E-state index in [4.69, 9.17) is 0 Å². The molecule has 9 nitrogen and oxygen atoms in total. The van der Waals surface area contributed by atoms with E-state index in [1.807, 2.05) is 41.3 Å². The fraction of sp³-hybridized carbons (Fsp3) is 0.259. The van der Waals surface area contributed by atoms with E-state index >= 15 is 0 Å². The molecule has 1 amide bonds. The summed E-state index contributed by atoms with van der Waals surface area (Å²) in [6, 6.07) is 23.4. The van der Waals surface area contributed by atoms with Crippen molar-refractivity contribution in [2.24, 2.45) is 4.99 Å². The minimum Gasteiger partial charge on any atom is -0.354 e. The Kier molecular flexibility index (Phi) is 7.38. The Balaban J connectivity index is 1.21. The summed E-state index contributed by atoms with van der Waals surface area (Å²) in [6.45, 7) is 3.58. The first-order valence-electron chi connectivity index (χ1n) is 12.3. The van der Waals surface area contributed by atoms with Crippen molar-refractivity contribution in [1.82, 2.24) is 16.0 Å². The van der Waals surface area contributed by atoms with Crippen LogP contribution < -0.4 is 26.2 Å². The molecule has 5 rings (SSSR count). The molecule has 2 aliphatic rings. The van der Waals surface area contributed by atoms with Gasteiger partial charge in [-0.3, -0.25) is 9.79 Å². The Bertz CT molecular complexity index is 1360. The van der Waals surface area contributed by atoms with Crippen LogP contribution >= 0.6 is 0 Å². The molecule has 1 saturated heterocycles. The monoisotopic (exact) mass is 518 g/mol. The third kappa shape index (κ3) is 5.76. The summed E-state index contributed by atoms with van der Waals surface area (Å²) >= 11 is 0. The molecule has 1 unspecified atom stereocenters. The van der Waals surface area contributed by atoms with Crippen LogP contribution in [-0.4, -0.2) is 58.4 Å². The van der Waals surface area contributed by atoms with E-state index < -0.39 is 15.2 Å². The number of amides is 1. The van der Waals surface area contributed by atoms with Crippen LogP contribution in [0.25, 0.3) is 0 Å². The summed E-state index contributed by atoms with van der Waals surface area (Å²) in [4.78, 5) is 19.3. The molecule has 0 aromatic heterocycles. The van der Waals surface area contributed by atoms with E-state index in [1.165, 1.54) is 0 Å². The van der Waals surface area contributed by atoms with Crippen molar-refractivity contribution in [2.45, 2.75) is 16.8 Å². The smallest absolute Gasteiger partial charge is 0.251 e. The minimum absolute atomic E-state index is 0.188. The molecule has 3 aromatic rings. The third-order valence-electron chi connectivity index (χ3n) is 6.43. The zero-order valence-corrected chi connectivity index (χ0v) is 21.2. The number of anilines is 2. The van der Waals surface area contributed by atoms with Gasteiger partial charge in [-0.1, -0.05) is 30.3 Å². The number of hydrogen-bond acceptors (Lipinski definition) is 8. The van der Waals surface area contributed by atoms with Gasteiger partial charge in [-0.05, 0) is 54.1 Å². The number of carbonyl (C=O) groups excluding carboxylic acids is 1. The molecular formula is C27H30N6O3S. The predicted molar refractivity (Wildman–Crippen MR) is 146 cm³/mol. The maximum atomic E-state index is 13.3. The lowest BCUT2D eigenvalue weighted by Gasteiger charge is -2.37. The second kappa shape index (κ2) is 11.0. The number of rotatable bonds is 7. The van der Waals surface area contributed by atoms with Crippen LogP contribution in [0.5, 0.6) is 0 Å². The largest absolute Gasteiger partial charge is 0.354 e. The molecule has 2 aliphatic heterocycles. The van der Waals surface area contributed by atoms with Crippen LogP contribution in [0.1, 0.15) is 15.9 Å². The van der Waals surface area contributed by atoms with E-state index in [9.17, 15) is 13.2 Å². The normalized spacial score (nSPS) is 17.6. The van der Waals surface area contributed by atoms with Crippen LogP contribution in [-0.2, 0) is 16.4 Å². The Hall–Kier alpha value is -3.89. The summed E-state index contributed by atoms with van der Waals surface area (Å²) in [7, 11) is -3.57. The molecular weight excluding hydrogens is 488 g/mol. The second-order valence-corrected chi connectivity index (χ2v) is 11.0. The van der Waals surface area contributed by atoms with Gasteiger partial charge in [0.1, 0.15) is 5.37 Å². The second-order valence-electron chi connectivity index (χ2n) is 8.92. The number of piperazine rings is 1. The van der Waals surface area contributed by atoms with Crippen molar-refractivity contribution >= 4 is 33.1 Å². The molecule has 0 spiro atoms. The average Bonchev–Trinajstić information content (AvgIpc) is 3.46. The zero-order valence-electron chi connectivity index (χ0n) is 20.4. The standard InChI is InChI=1S/C27H30N6O3S/c34-26(31-18-20-6-10-22(11-7-20)32-27-29-14-15-30-27)21-8-12-23(13-9-21)33-17-16-28-19-25(33)37(35,36)24-4-2-1-3-5-24/h1-13,25,28H,14-19H2,(H,31,34)(H2,29,30,32). The number of guanidine groups is 1. The van der Waals surface area contributed by atoms with Crippen molar-refractivity contribution in [3.05, 3.63) is 90.0 Å². The lowest BCUT2D eigenvalue weighted by Crippen LogP contribution is -2.55. The van der Waals surface area contributed by atoms with Gasteiger partial charge in [0, 0.05) is 49.7 Å². The van der Waals surface area contributed by atoms with Gasteiger partial charge in [0.25, 0.3) is 5.91 Å². The van der Waals surface area contributed by atoms with E-state index in [-0.39, 0.29) is 5.91 Å². The van der Waals surface area contributed by atoms with Gasteiger partial charge in [-0.15, -0.1) is 0 Å². The maximum absolute atomic E-state index is 13.3. The fourth-order valence-corrected chi connectivity index (χ4v) is 6.18. The number of hydrogen-bond donors (Lipinski definition) is 4. The highest BCUT2D eigenvalue weighted by atomic mass is 32.2. The fourth-order valence-electron chi connectivity index (χ4n) is 4.43. The Morgan fingerprint density at radius 3 is 2.43 bits per heavy atom. The molecule has 0 bridgehead atoms. The van der Waals surface area contributed by atoms with Crippen molar-refractivity contribution in [1.29, 1.82) is 0 Å². The van der Waals surface area contributed by atoms with E-state index in [0.717, 1.165) is 36.0 Å². The summed E-state index contributed by atoms with van der Waals surface area (Å²) in [5, 5.41) is 11.8. The lowest BCUT2D eigenvalue weighted by molar-refractivity contribution is 0.0951. The van der Waals surface area contributed by atoms with Gasteiger partial charge < -0.3 is 26.2 Å². The summed E-state index contributed by atoms with van der Waals surface area (Å²) < 4.78 is 26.6. The number of nitrogens with zero attached hydrogens (tertiary/aromatic N) is 2. The molecule has 10 heteroatoms. The van der Waals surface area contributed by atoms with Crippen molar-refractivity contribution in [2.75, 3.05) is 42.9 Å². The van der Waals surface area contributed by atoms with Crippen LogP contribution in [0.15, 0.2) is 88.8 Å². The number of carbonyl (C=O) groups is 1. The topological polar surface area (TPSA) is 115 Å². The van der Waals surface area contributed by atoms with Gasteiger partial charge in [0.2, 0.25) is 9.84 Å². The quantitative estimate of drug-likeness (QED) is 0.379. The molecule has 192 valence electrons. The van der Waals surface area contributed by atoms with Gasteiger partial charge >= 0.3 is 0 Å². The van der Waals surface area contributed by atoms with Gasteiger partial charge in [-0.25, -0.2) is 8.42 Å². The average molecular weight is 519 g/mol. The minimum atomic E-state index is -3.57. The van der Waals surface area contributed by atoms with Crippen LogP contribution in [0, 0.1) is 0 Å². The third-order valence-corrected chi connectivity index (χ3v) is 8.50. The first-order valence-corrected chi connectivity index (χ1v) is 13.8. The highest BCUT2D eigenvalue weighted by Gasteiger charge is 2.35. The molecule has 3 aromatic carbocycles. The molecule has 1 atom stereocenters. The van der Waals surface area contributed by atoms with Gasteiger partial charge in [-0.2, -0.15) is 0 Å². The lowest BCUT2D eigenvalue weighted by atomic mass is 10.1. The predicted octanol–water partition coefficient (Wildman–Crippen LogP) is 2.20. The molecule has 0 radical (unpaired) electrons. The molecule has 0 aliphatic carbocycles. The molecule has 1 fully saturated rings. The number of nitrogens with one attached hydrogen (secondary N) is 4. The maximum Gasteiger partial charge on any atom is 0.251 e. The zero-order chi connectivity index (χ0) is 25.7. The summed E-state index contributed by atoms with van der Waals surface area (Å²) in [5.41, 5.74) is 3.20. The van der Waals surface area contributed by atoms with Gasteiger partial charge in [0.15, 0.2) is 5.96 Å². The Labute approximate surface area is 216 Å². The van der Waals surface area contributed by atoms with E-state index in [1.54, 1.807) is 42.5 Å². The first-order chi connectivity index (χ1) is 18.0. The number of aliphatic imine (C=N–C) groups is 1. The summed E-state index contributed by atoms with van der Waals surface area (Å²) in [5.74, 6) is 0.585. The molecule has 4 N–H and O–H groups in total. The number of benzene rings is 3. The highest BCUT2D eigenvalue weighted by molar-refractivity contribution is 7.92. The Morgan fingerprint density at radius 2 is 1.73 bits per heavy atom. The number of sulfone groups is 1. The SMILES string of the molecule is O=C(NCc1ccc(NC2=NCCN2)cc1)c1ccc(N2CCNCC2S(=O)(=O)c2ccccc2)cc1. The Morgan fingerprint density at radius 1 is 0.973 bits per heavy atom. The van der Waals surface area contributed by atoms with Crippen molar-refractivity contribution in [3.8, 4) is 0 Å². The van der Waals surface area contributed by atoms with Crippen LogP contribution in [0.2, 0.25) is 0 Å². The molecule has 37 heavy (non-hydrogen) atoms. The van der Waals surface area contributed by atoms with E-state index in [0.29, 0.717) is 36.6 Å². The molecule has 0 saturated carbocycles. The first kappa shape index (κ1) is 24.8. The van der Waals surface area contributed by atoms with Crippen LogP contribution in [0.3, 0.4) is 0 Å². The van der Waals surface area contributed by atoms with E-state index in [2.05, 4.69) is 26.3 Å².